The lowest BCUT2D eigenvalue weighted by Gasteiger charge is -2.28. The number of hydrogen-bond acceptors (Lipinski definition) is 5. The molecule has 0 aliphatic carbocycles. The van der Waals surface area contributed by atoms with E-state index >= 15 is 0 Å². The van der Waals surface area contributed by atoms with Crippen molar-refractivity contribution < 1.29 is 9.47 Å². The minimum Gasteiger partial charge on any atom is -0.497 e. The summed E-state index contributed by atoms with van der Waals surface area (Å²) in [5, 5.41) is 16.4. The molecule has 0 fully saturated rings. The molecule has 2 aromatic carbocycles. The predicted octanol–water partition coefficient (Wildman–Crippen LogP) is 3.21. The molecular weight excluding hydrogens is 314 g/mol. The largest absolute Gasteiger partial charge is 0.497 e. The van der Waals surface area contributed by atoms with Crippen molar-refractivity contribution in [3.63, 3.8) is 0 Å². The van der Waals surface area contributed by atoms with Gasteiger partial charge in [0.1, 0.15) is 17.6 Å². The van der Waals surface area contributed by atoms with E-state index in [4.69, 9.17) is 9.47 Å². The first-order chi connectivity index (χ1) is 12.1. The van der Waals surface area contributed by atoms with Gasteiger partial charge < -0.3 is 9.47 Å². The third kappa shape index (κ3) is 5.21. The van der Waals surface area contributed by atoms with E-state index < -0.39 is 5.66 Å². The monoisotopic (exact) mass is 339 g/mol. The average molecular weight is 339 g/mol. The van der Waals surface area contributed by atoms with Crippen LogP contribution >= 0.6 is 0 Å². The van der Waals surface area contributed by atoms with Crippen molar-refractivity contribution in [2.24, 2.45) is 0 Å². The zero-order valence-electron chi connectivity index (χ0n) is 15.0. The van der Waals surface area contributed by atoms with Gasteiger partial charge in [-0.15, -0.1) is 0 Å². The quantitative estimate of drug-likeness (QED) is 0.687. The number of benzene rings is 2. The summed E-state index contributed by atoms with van der Waals surface area (Å²) < 4.78 is 10.3. The summed E-state index contributed by atoms with van der Waals surface area (Å²) in [5.41, 5.74) is 1.42. The van der Waals surface area contributed by atoms with Gasteiger partial charge in [0, 0.05) is 13.1 Å². The minimum absolute atomic E-state index is 0.598. The maximum atomic E-state index is 9.68. The van der Waals surface area contributed by atoms with Gasteiger partial charge in [-0.3, -0.25) is 10.6 Å². The van der Waals surface area contributed by atoms with Crippen molar-refractivity contribution in [1.82, 2.24) is 10.6 Å². The van der Waals surface area contributed by atoms with Crippen molar-refractivity contribution in [3.05, 3.63) is 59.7 Å². The normalized spacial score (nSPS) is 11.0. The number of hydrogen-bond donors (Lipinski definition) is 2. The molecule has 5 heteroatoms. The number of nitrogens with one attached hydrogen (secondary N) is 2. The van der Waals surface area contributed by atoms with Crippen LogP contribution in [0.2, 0.25) is 0 Å². The van der Waals surface area contributed by atoms with Crippen LogP contribution in [-0.4, -0.2) is 19.9 Å². The Morgan fingerprint density at radius 3 is 1.52 bits per heavy atom. The Hall–Kier alpha value is -2.55. The topological polar surface area (TPSA) is 66.3 Å². The molecule has 0 spiro atoms. The molecule has 25 heavy (non-hydrogen) atoms. The van der Waals surface area contributed by atoms with E-state index in [2.05, 4.69) is 16.7 Å². The molecule has 0 radical (unpaired) electrons. The number of nitriles is 1. The number of nitrogens with zero attached hydrogens (tertiary/aromatic N) is 1. The number of ether oxygens (including phenoxy) is 2. The van der Waals surface area contributed by atoms with Crippen molar-refractivity contribution in [1.29, 1.82) is 5.26 Å². The molecule has 0 heterocycles. The molecule has 2 rings (SSSR count). The van der Waals surface area contributed by atoms with Crippen LogP contribution in [-0.2, 0) is 13.1 Å². The van der Waals surface area contributed by atoms with E-state index in [0.29, 0.717) is 19.5 Å². The molecule has 5 nitrogen and oxygen atoms in total. The second-order valence-electron chi connectivity index (χ2n) is 5.77. The highest BCUT2D eigenvalue weighted by atomic mass is 16.5. The van der Waals surface area contributed by atoms with Crippen molar-refractivity contribution in [2.75, 3.05) is 14.2 Å². The first-order valence-corrected chi connectivity index (χ1v) is 8.32. The third-order valence-electron chi connectivity index (χ3n) is 4.23. The molecule has 0 saturated carbocycles. The van der Waals surface area contributed by atoms with Crippen LogP contribution in [0, 0.1) is 11.3 Å². The Morgan fingerprint density at radius 2 is 1.24 bits per heavy atom. The maximum Gasteiger partial charge on any atom is 0.159 e. The van der Waals surface area contributed by atoms with Gasteiger partial charge in [0.05, 0.1) is 14.2 Å². The van der Waals surface area contributed by atoms with Crippen LogP contribution < -0.4 is 20.1 Å². The van der Waals surface area contributed by atoms with Gasteiger partial charge in [-0.2, -0.15) is 5.26 Å². The Morgan fingerprint density at radius 1 is 0.840 bits per heavy atom. The van der Waals surface area contributed by atoms with Crippen LogP contribution in [0.3, 0.4) is 0 Å². The highest BCUT2D eigenvalue weighted by Gasteiger charge is 2.26. The smallest absolute Gasteiger partial charge is 0.159 e. The highest BCUT2D eigenvalue weighted by molar-refractivity contribution is 5.28. The van der Waals surface area contributed by atoms with Crippen LogP contribution in [0.4, 0.5) is 0 Å². The number of rotatable bonds is 9. The third-order valence-corrected chi connectivity index (χ3v) is 4.23. The van der Waals surface area contributed by atoms with Crippen LogP contribution in [0.15, 0.2) is 48.5 Å². The van der Waals surface area contributed by atoms with Crippen molar-refractivity contribution in [3.8, 4) is 17.6 Å². The zero-order valence-corrected chi connectivity index (χ0v) is 15.0. The van der Waals surface area contributed by atoms with Gasteiger partial charge in [-0.25, -0.2) is 0 Å². The molecule has 0 aliphatic rings. The van der Waals surface area contributed by atoms with Gasteiger partial charge in [0.15, 0.2) is 5.66 Å². The van der Waals surface area contributed by atoms with Crippen LogP contribution in [0.1, 0.15) is 24.5 Å². The van der Waals surface area contributed by atoms with Gasteiger partial charge >= 0.3 is 0 Å². The Bertz CT molecular complexity index is 639. The summed E-state index contributed by atoms with van der Waals surface area (Å²) in [5.74, 6) is 1.65. The van der Waals surface area contributed by atoms with Crippen LogP contribution in [0.25, 0.3) is 0 Å². The zero-order chi connectivity index (χ0) is 18.1. The lowest BCUT2D eigenvalue weighted by molar-refractivity contribution is 0.318. The van der Waals surface area contributed by atoms with Crippen molar-refractivity contribution in [2.45, 2.75) is 32.1 Å². The fourth-order valence-electron chi connectivity index (χ4n) is 2.46. The van der Waals surface area contributed by atoms with E-state index in [1.807, 2.05) is 55.5 Å². The molecule has 0 unspecified atom stereocenters. The summed E-state index contributed by atoms with van der Waals surface area (Å²) in [7, 11) is 3.29. The summed E-state index contributed by atoms with van der Waals surface area (Å²) in [6.45, 7) is 3.19. The standard InChI is InChI=1S/C20H25N3O2/c1-4-20(15-21,22-13-16-5-9-18(24-2)10-6-16)23-14-17-7-11-19(25-3)12-8-17/h5-12,22-23H,4,13-14H2,1-3H3. The number of methoxy groups -OCH3 is 2. The average Bonchev–Trinajstić information content (AvgIpc) is 2.69. The molecule has 132 valence electrons. The fraction of sp³-hybridized carbons (Fsp3) is 0.350. The summed E-state index contributed by atoms with van der Waals surface area (Å²) >= 11 is 0. The molecule has 2 N–H and O–H groups in total. The second kappa shape index (κ2) is 9.07. The lowest BCUT2D eigenvalue weighted by atomic mass is 10.1. The first kappa shape index (κ1) is 18.8. The molecule has 0 bridgehead atoms. The highest BCUT2D eigenvalue weighted by Crippen LogP contribution is 2.15. The van der Waals surface area contributed by atoms with E-state index in [-0.39, 0.29) is 0 Å². The molecule has 0 saturated heterocycles. The maximum absolute atomic E-state index is 9.68. The minimum atomic E-state index is -0.778. The Labute approximate surface area is 149 Å². The molecule has 0 amide bonds. The summed E-state index contributed by atoms with van der Waals surface area (Å²) in [6, 6.07) is 18.0. The second-order valence-corrected chi connectivity index (χ2v) is 5.77. The lowest BCUT2D eigenvalue weighted by Crippen LogP contribution is -2.54. The van der Waals surface area contributed by atoms with Crippen molar-refractivity contribution >= 4 is 0 Å². The van der Waals surface area contributed by atoms with E-state index in [0.717, 1.165) is 22.6 Å². The van der Waals surface area contributed by atoms with Crippen LogP contribution in [0.5, 0.6) is 11.5 Å². The van der Waals surface area contributed by atoms with Gasteiger partial charge in [0.2, 0.25) is 0 Å². The predicted molar refractivity (Wildman–Crippen MR) is 98.3 cm³/mol. The molecule has 0 aromatic heterocycles. The van der Waals surface area contributed by atoms with E-state index in [1.165, 1.54) is 0 Å². The summed E-state index contributed by atoms with van der Waals surface area (Å²) in [4.78, 5) is 0. The molecule has 2 aromatic rings. The SMILES string of the molecule is CCC(C#N)(NCc1ccc(OC)cc1)NCc1ccc(OC)cc1. The van der Waals surface area contributed by atoms with E-state index in [1.54, 1.807) is 14.2 Å². The molecule has 0 aliphatic heterocycles. The molecule has 0 atom stereocenters. The van der Waals surface area contributed by atoms with E-state index in [9.17, 15) is 5.26 Å². The fourth-order valence-corrected chi connectivity index (χ4v) is 2.46. The van der Waals surface area contributed by atoms with Gasteiger partial charge in [-0.05, 0) is 41.8 Å². The first-order valence-electron chi connectivity index (χ1n) is 8.32. The van der Waals surface area contributed by atoms with Gasteiger partial charge in [0.25, 0.3) is 0 Å². The Balaban J connectivity index is 1.97. The Kier molecular flexibility index (Phi) is 6.81. The summed E-state index contributed by atoms with van der Waals surface area (Å²) in [6.07, 6.45) is 0.649. The molecular formula is C20H25N3O2. The van der Waals surface area contributed by atoms with Gasteiger partial charge in [-0.1, -0.05) is 31.2 Å².